The third-order valence-electron chi connectivity index (χ3n) is 5.61. The van der Waals surface area contributed by atoms with Crippen molar-refractivity contribution in [1.82, 2.24) is 9.78 Å². The molecule has 0 radical (unpaired) electrons. The third-order valence-corrected chi connectivity index (χ3v) is 5.61. The summed E-state index contributed by atoms with van der Waals surface area (Å²) in [5, 5.41) is 19.2. The number of rotatable bonds is 4. The number of hydrogen-bond donors (Lipinski definition) is 1. The van der Waals surface area contributed by atoms with Crippen molar-refractivity contribution in [3.05, 3.63) is 107 Å². The van der Waals surface area contributed by atoms with E-state index in [-0.39, 0.29) is 0 Å². The molecule has 30 heavy (non-hydrogen) atoms. The average molecular weight is 388 g/mol. The molecule has 0 amide bonds. The molecule has 1 aromatic heterocycles. The van der Waals surface area contributed by atoms with Gasteiger partial charge >= 0.3 is 0 Å². The zero-order valence-electron chi connectivity index (χ0n) is 16.4. The molecule has 4 heteroatoms. The molecule has 0 aliphatic heterocycles. The highest BCUT2D eigenvalue weighted by Gasteiger charge is 2.17. The Morgan fingerprint density at radius 1 is 0.767 bits per heavy atom. The normalized spacial score (nSPS) is 11.0. The lowest BCUT2D eigenvalue weighted by Gasteiger charge is -2.08. The summed E-state index contributed by atoms with van der Waals surface area (Å²) in [6.45, 7) is 0.525. The second-order valence-electron chi connectivity index (χ2n) is 7.43. The number of benzene rings is 4. The Morgan fingerprint density at radius 2 is 1.33 bits per heavy atom. The van der Waals surface area contributed by atoms with E-state index in [0.29, 0.717) is 30.0 Å². The minimum atomic E-state index is 0.417. The number of anilines is 1. The molecule has 0 saturated heterocycles. The first kappa shape index (κ1) is 18.0. The molecule has 0 aliphatic carbocycles. The molecule has 0 fully saturated rings. The Morgan fingerprint density at radius 3 is 2.00 bits per heavy atom. The van der Waals surface area contributed by atoms with Crippen molar-refractivity contribution in [3.8, 4) is 6.07 Å². The van der Waals surface area contributed by atoms with Crippen molar-refractivity contribution in [1.29, 1.82) is 5.26 Å². The van der Waals surface area contributed by atoms with Crippen LogP contribution in [0.15, 0.2) is 84.9 Å². The molecule has 0 bridgehead atoms. The van der Waals surface area contributed by atoms with Gasteiger partial charge in [-0.3, -0.25) is 0 Å². The Bertz CT molecular complexity index is 1410. The first-order valence-electron chi connectivity index (χ1n) is 9.93. The van der Waals surface area contributed by atoms with E-state index in [4.69, 9.17) is 10.8 Å². The van der Waals surface area contributed by atoms with E-state index >= 15 is 0 Å². The second-order valence-corrected chi connectivity index (χ2v) is 7.43. The van der Waals surface area contributed by atoms with Crippen molar-refractivity contribution in [2.75, 3.05) is 5.73 Å². The Labute approximate surface area is 174 Å². The number of hydrogen-bond acceptors (Lipinski definition) is 3. The second kappa shape index (κ2) is 7.38. The van der Waals surface area contributed by atoms with Crippen LogP contribution >= 0.6 is 0 Å². The Balaban J connectivity index is 1.55. The smallest absolute Gasteiger partial charge is 0.140 e. The van der Waals surface area contributed by atoms with Crippen LogP contribution < -0.4 is 5.73 Å². The van der Waals surface area contributed by atoms with Gasteiger partial charge in [-0.25, -0.2) is 4.68 Å². The summed E-state index contributed by atoms with van der Waals surface area (Å²) in [5.74, 6) is 0.417. The number of aromatic nitrogens is 2. The lowest BCUT2D eigenvalue weighted by molar-refractivity contribution is 0.688. The van der Waals surface area contributed by atoms with Gasteiger partial charge in [0.25, 0.3) is 0 Å². The molecule has 2 N–H and O–H groups in total. The summed E-state index contributed by atoms with van der Waals surface area (Å²) in [7, 11) is 0. The van der Waals surface area contributed by atoms with Crippen LogP contribution in [0.3, 0.4) is 0 Å². The molecule has 5 rings (SSSR count). The molecule has 0 unspecified atom stereocenters. The van der Waals surface area contributed by atoms with E-state index < -0.39 is 0 Å². The molecule has 1 heterocycles. The number of nitrogens with zero attached hydrogens (tertiary/aromatic N) is 3. The zero-order valence-corrected chi connectivity index (χ0v) is 16.4. The predicted octanol–water partition coefficient (Wildman–Crippen LogP) is 5.28. The first-order valence-corrected chi connectivity index (χ1v) is 9.93. The minimum Gasteiger partial charge on any atom is -0.383 e. The summed E-state index contributed by atoms with van der Waals surface area (Å²) in [5.41, 5.74) is 9.79. The van der Waals surface area contributed by atoms with Crippen LogP contribution in [0.1, 0.15) is 22.4 Å². The topological polar surface area (TPSA) is 67.6 Å². The van der Waals surface area contributed by atoms with E-state index in [1.807, 2.05) is 36.4 Å². The van der Waals surface area contributed by atoms with Crippen molar-refractivity contribution < 1.29 is 0 Å². The van der Waals surface area contributed by atoms with E-state index in [0.717, 1.165) is 11.1 Å². The summed E-state index contributed by atoms with van der Waals surface area (Å²) in [4.78, 5) is 0. The highest BCUT2D eigenvalue weighted by Crippen LogP contribution is 2.26. The van der Waals surface area contributed by atoms with Crippen molar-refractivity contribution >= 4 is 27.4 Å². The molecule has 0 aliphatic rings. The molecular weight excluding hydrogens is 368 g/mol. The lowest BCUT2D eigenvalue weighted by Crippen LogP contribution is -2.07. The van der Waals surface area contributed by atoms with Crippen molar-refractivity contribution in [2.45, 2.75) is 13.0 Å². The molecule has 0 atom stereocenters. The molecule has 0 spiro atoms. The molecule has 4 aromatic carbocycles. The van der Waals surface area contributed by atoms with Crippen molar-refractivity contribution in [2.24, 2.45) is 0 Å². The van der Waals surface area contributed by atoms with Gasteiger partial charge < -0.3 is 5.73 Å². The van der Waals surface area contributed by atoms with E-state index in [1.165, 1.54) is 21.5 Å². The van der Waals surface area contributed by atoms with Gasteiger partial charge in [-0.05, 0) is 32.7 Å². The van der Waals surface area contributed by atoms with Gasteiger partial charge in [-0.15, -0.1) is 0 Å². The predicted molar refractivity (Wildman–Crippen MR) is 121 cm³/mol. The van der Waals surface area contributed by atoms with Crippen LogP contribution in [0, 0.1) is 11.3 Å². The highest BCUT2D eigenvalue weighted by atomic mass is 15.3. The van der Waals surface area contributed by atoms with Crippen LogP contribution in [-0.4, -0.2) is 9.78 Å². The van der Waals surface area contributed by atoms with E-state index in [9.17, 15) is 5.26 Å². The first-order chi connectivity index (χ1) is 14.7. The third kappa shape index (κ3) is 3.07. The number of nitrogens with two attached hydrogens (primary N) is 1. The van der Waals surface area contributed by atoms with Gasteiger partial charge in [0, 0.05) is 6.42 Å². The fourth-order valence-electron chi connectivity index (χ4n) is 4.11. The van der Waals surface area contributed by atoms with Crippen molar-refractivity contribution in [3.63, 3.8) is 0 Å². The zero-order chi connectivity index (χ0) is 20.5. The molecule has 5 aromatic rings. The maximum absolute atomic E-state index is 9.76. The lowest BCUT2D eigenvalue weighted by atomic mass is 10.00. The fraction of sp³-hybridized carbons (Fsp3) is 0.0769. The fourth-order valence-corrected chi connectivity index (χ4v) is 4.11. The van der Waals surface area contributed by atoms with Gasteiger partial charge in [0.05, 0.1) is 12.2 Å². The summed E-state index contributed by atoms with van der Waals surface area (Å²) < 4.78 is 1.75. The summed E-state index contributed by atoms with van der Waals surface area (Å²) in [6, 6.07) is 31.2. The van der Waals surface area contributed by atoms with Crippen LogP contribution in [0.5, 0.6) is 0 Å². The summed E-state index contributed by atoms with van der Waals surface area (Å²) in [6.07, 6.45) is 0.566. The Hall–Kier alpha value is -4.10. The minimum absolute atomic E-state index is 0.417. The molecule has 0 saturated carbocycles. The highest BCUT2D eigenvalue weighted by molar-refractivity contribution is 5.86. The van der Waals surface area contributed by atoms with Gasteiger partial charge in [0.2, 0.25) is 0 Å². The van der Waals surface area contributed by atoms with Crippen LogP contribution in [0.2, 0.25) is 0 Å². The molecular formula is C26H20N4. The number of fused-ring (bicyclic) bond motifs is 2. The van der Waals surface area contributed by atoms with Crippen LogP contribution in [0.25, 0.3) is 21.5 Å². The number of nitriles is 1. The standard InChI is InChI=1S/C26H20N4/c27-16-24-25(15-20-11-5-9-18-7-1-3-13-22(18)20)29-30(26(24)28)17-21-12-6-10-19-8-2-4-14-23(19)21/h1-14H,15,17,28H2. The summed E-state index contributed by atoms with van der Waals surface area (Å²) >= 11 is 0. The maximum Gasteiger partial charge on any atom is 0.140 e. The van der Waals surface area contributed by atoms with E-state index in [1.54, 1.807) is 4.68 Å². The molecule has 4 nitrogen and oxygen atoms in total. The van der Waals surface area contributed by atoms with Crippen LogP contribution in [-0.2, 0) is 13.0 Å². The van der Waals surface area contributed by atoms with Crippen LogP contribution in [0.4, 0.5) is 5.82 Å². The largest absolute Gasteiger partial charge is 0.383 e. The van der Waals surface area contributed by atoms with Gasteiger partial charge in [-0.1, -0.05) is 84.9 Å². The monoisotopic (exact) mass is 388 g/mol. The van der Waals surface area contributed by atoms with Gasteiger partial charge in [0.1, 0.15) is 17.5 Å². The van der Waals surface area contributed by atoms with Gasteiger partial charge in [0.15, 0.2) is 0 Å². The Kier molecular flexibility index (Phi) is 4.42. The molecule has 144 valence electrons. The SMILES string of the molecule is N#Cc1c(Cc2cccc3ccccc23)nn(Cc2cccc3ccccc23)c1N. The quantitative estimate of drug-likeness (QED) is 0.455. The average Bonchev–Trinajstić information content (AvgIpc) is 3.08. The van der Waals surface area contributed by atoms with E-state index in [2.05, 4.69) is 54.6 Å². The maximum atomic E-state index is 9.76. The van der Waals surface area contributed by atoms with Gasteiger partial charge in [-0.2, -0.15) is 10.4 Å². The number of nitrogen functional groups attached to an aromatic ring is 1.